The van der Waals surface area contributed by atoms with Gasteiger partial charge in [-0.05, 0) is 29.4 Å². The van der Waals surface area contributed by atoms with Crippen molar-refractivity contribution in [2.75, 3.05) is 0 Å². The molecular formula is C19H24Si. The van der Waals surface area contributed by atoms with Gasteiger partial charge in [0.15, 0.2) is 0 Å². The maximum atomic E-state index is 2.54. The van der Waals surface area contributed by atoms with E-state index >= 15 is 0 Å². The van der Waals surface area contributed by atoms with Crippen LogP contribution in [0.1, 0.15) is 24.8 Å². The summed E-state index contributed by atoms with van der Waals surface area (Å²) in [5.74, 6) is 1.70. The Hall–Kier alpha value is -1.34. The first-order chi connectivity index (χ1) is 9.60. The summed E-state index contributed by atoms with van der Waals surface area (Å²) in [6.07, 6.45) is 1.38. The average Bonchev–Trinajstić information content (AvgIpc) is 3.28. The third-order valence-electron chi connectivity index (χ3n) is 5.37. The summed E-state index contributed by atoms with van der Waals surface area (Å²) in [7, 11) is -1.36. The van der Waals surface area contributed by atoms with Gasteiger partial charge in [-0.25, -0.2) is 0 Å². The Kier molecular flexibility index (Phi) is 3.55. The molecule has 1 aliphatic rings. The third kappa shape index (κ3) is 2.47. The minimum Gasteiger partial charge on any atom is -0.0652 e. The Labute approximate surface area is 123 Å². The van der Waals surface area contributed by atoms with E-state index in [1.54, 1.807) is 10.8 Å². The molecule has 1 fully saturated rings. The summed E-state index contributed by atoms with van der Waals surface area (Å²) in [5.41, 5.74) is 2.39. The maximum Gasteiger partial charge on any atom is 0.0837 e. The van der Waals surface area contributed by atoms with Gasteiger partial charge in [0.1, 0.15) is 0 Å². The van der Waals surface area contributed by atoms with Crippen molar-refractivity contribution in [1.82, 2.24) is 0 Å². The van der Waals surface area contributed by atoms with Gasteiger partial charge in [0.25, 0.3) is 0 Å². The molecule has 20 heavy (non-hydrogen) atoms. The maximum absolute atomic E-state index is 2.54. The fourth-order valence-corrected chi connectivity index (χ4v) is 6.53. The van der Waals surface area contributed by atoms with Crippen molar-refractivity contribution in [2.24, 2.45) is 5.92 Å². The van der Waals surface area contributed by atoms with E-state index in [1.807, 2.05) is 0 Å². The lowest BCUT2D eigenvalue weighted by Gasteiger charge is -2.31. The van der Waals surface area contributed by atoms with Crippen molar-refractivity contribution in [3.63, 3.8) is 0 Å². The monoisotopic (exact) mass is 280 g/mol. The van der Waals surface area contributed by atoms with Crippen LogP contribution in [-0.4, -0.2) is 8.07 Å². The van der Waals surface area contributed by atoms with Crippen LogP contribution in [0.15, 0.2) is 60.7 Å². The first-order valence-corrected chi connectivity index (χ1v) is 10.8. The van der Waals surface area contributed by atoms with E-state index in [-0.39, 0.29) is 0 Å². The lowest BCUT2D eigenvalue weighted by atomic mass is 10.1. The smallest absolute Gasteiger partial charge is 0.0652 e. The molecule has 1 heteroatoms. The zero-order valence-corrected chi connectivity index (χ0v) is 13.7. The quantitative estimate of drug-likeness (QED) is 0.706. The summed E-state index contributed by atoms with van der Waals surface area (Å²) in [4.78, 5) is 0. The summed E-state index contributed by atoms with van der Waals surface area (Å²) in [5, 5.41) is 1.60. The van der Waals surface area contributed by atoms with Gasteiger partial charge < -0.3 is 0 Å². The second-order valence-corrected chi connectivity index (χ2v) is 11.7. The fraction of sp³-hybridized carbons (Fsp3) is 0.368. The Morgan fingerprint density at radius 2 is 1.45 bits per heavy atom. The Bertz CT molecular complexity index is 559. The van der Waals surface area contributed by atoms with Crippen molar-refractivity contribution in [3.8, 4) is 0 Å². The van der Waals surface area contributed by atoms with E-state index in [9.17, 15) is 0 Å². The molecule has 0 aromatic heterocycles. The van der Waals surface area contributed by atoms with Gasteiger partial charge in [0.2, 0.25) is 0 Å². The Morgan fingerprint density at radius 3 is 2.05 bits per heavy atom. The topological polar surface area (TPSA) is 0 Å². The molecule has 2 aromatic carbocycles. The number of hydrogen-bond acceptors (Lipinski definition) is 0. The van der Waals surface area contributed by atoms with Crippen LogP contribution in [-0.2, 0) is 0 Å². The zero-order valence-electron chi connectivity index (χ0n) is 12.7. The van der Waals surface area contributed by atoms with Gasteiger partial charge in [-0.1, -0.05) is 85.9 Å². The zero-order chi connectivity index (χ0) is 14.2. The molecule has 3 atom stereocenters. The summed E-state index contributed by atoms with van der Waals surface area (Å²) in [6, 6.07) is 22.3. The second kappa shape index (κ2) is 5.21. The van der Waals surface area contributed by atoms with Gasteiger partial charge in [-0.3, -0.25) is 0 Å². The molecule has 3 rings (SSSR count). The van der Waals surface area contributed by atoms with Gasteiger partial charge in [0, 0.05) is 0 Å². The molecule has 1 saturated carbocycles. The number of rotatable bonds is 4. The van der Waals surface area contributed by atoms with Crippen molar-refractivity contribution in [1.29, 1.82) is 0 Å². The summed E-state index contributed by atoms with van der Waals surface area (Å²) >= 11 is 0. The molecule has 1 aliphatic carbocycles. The second-order valence-electron chi connectivity index (χ2n) is 6.79. The predicted molar refractivity (Wildman–Crippen MR) is 90.3 cm³/mol. The van der Waals surface area contributed by atoms with Gasteiger partial charge in [0.05, 0.1) is 8.07 Å². The van der Waals surface area contributed by atoms with Crippen LogP contribution in [0.5, 0.6) is 0 Å². The van der Waals surface area contributed by atoms with Gasteiger partial charge in [-0.15, -0.1) is 0 Å². The molecule has 0 N–H and O–H groups in total. The molecule has 0 amide bonds. The third-order valence-corrected chi connectivity index (χ3v) is 9.89. The Morgan fingerprint density at radius 1 is 0.900 bits per heavy atom. The molecule has 0 radical (unpaired) electrons. The number of benzene rings is 2. The number of hydrogen-bond donors (Lipinski definition) is 0. The average molecular weight is 280 g/mol. The summed E-state index contributed by atoms with van der Waals surface area (Å²) < 4.78 is 0. The van der Waals surface area contributed by atoms with E-state index in [0.717, 1.165) is 17.4 Å². The normalized spacial score (nSPS) is 23.4. The van der Waals surface area contributed by atoms with Crippen LogP contribution < -0.4 is 5.19 Å². The lowest BCUT2D eigenvalue weighted by molar-refractivity contribution is 0.739. The van der Waals surface area contributed by atoms with Crippen LogP contribution in [0.4, 0.5) is 0 Å². The van der Waals surface area contributed by atoms with Crippen LogP contribution in [0.3, 0.4) is 0 Å². The van der Waals surface area contributed by atoms with Gasteiger partial charge in [-0.2, -0.15) is 0 Å². The minimum atomic E-state index is -1.36. The highest BCUT2D eigenvalue weighted by molar-refractivity contribution is 6.91. The van der Waals surface area contributed by atoms with Gasteiger partial charge >= 0.3 is 0 Å². The molecule has 104 valence electrons. The van der Waals surface area contributed by atoms with E-state index in [4.69, 9.17) is 0 Å². The first-order valence-electron chi connectivity index (χ1n) is 7.71. The summed E-state index contributed by atoms with van der Waals surface area (Å²) in [6.45, 7) is 7.56. The molecular weight excluding hydrogens is 256 g/mol. The van der Waals surface area contributed by atoms with Crippen molar-refractivity contribution < 1.29 is 0 Å². The highest BCUT2D eigenvalue weighted by Crippen LogP contribution is 2.56. The molecule has 0 spiro atoms. The standard InChI is InChI=1S/C19H24Si/c1-15(20(2,3)17-12-8-5-9-13-17)18-14-19(18)16-10-6-4-7-11-16/h4-13,15,18-19H,14H2,1-3H3/t15?,18-,19+/m1/s1. The van der Waals surface area contributed by atoms with E-state index < -0.39 is 8.07 Å². The molecule has 0 aliphatic heterocycles. The minimum absolute atomic E-state index is 0.807. The highest BCUT2D eigenvalue weighted by Gasteiger charge is 2.48. The lowest BCUT2D eigenvalue weighted by Crippen LogP contribution is -2.45. The molecule has 0 heterocycles. The largest absolute Gasteiger partial charge is 0.0837 e. The Balaban J connectivity index is 1.76. The van der Waals surface area contributed by atoms with Crippen molar-refractivity contribution in [2.45, 2.75) is 37.9 Å². The van der Waals surface area contributed by atoms with E-state index in [1.165, 1.54) is 6.42 Å². The van der Waals surface area contributed by atoms with Crippen LogP contribution in [0.2, 0.25) is 18.6 Å². The van der Waals surface area contributed by atoms with Crippen LogP contribution in [0.25, 0.3) is 0 Å². The van der Waals surface area contributed by atoms with Crippen molar-refractivity contribution >= 4 is 13.3 Å². The fourth-order valence-electron chi connectivity index (χ4n) is 3.52. The molecule has 2 aromatic rings. The first kappa shape index (κ1) is 13.6. The SMILES string of the molecule is CC([C@H]1C[C@H]1c1ccccc1)[Si](C)(C)c1ccccc1. The van der Waals surface area contributed by atoms with Crippen molar-refractivity contribution in [3.05, 3.63) is 66.2 Å². The molecule has 1 unspecified atom stereocenters. The molecule has 0 saturated heterocycles. The van der Waals surface area contributed by atoms with E-state index in [0.29, 0.717) is 0 Å². The predicted octanol–water partition coefficient (Wildman–Crippen LogP) is 4.80. The molecule has 0 nitrogen and oxygen atoms in total. The van der Waals surface area contributed by atoms with Crippen LogP contribution in [0, 0.1) is 5.92 Å². The highest BCUT2D eigenvalue weighted by atomic mass is 28.3. The molecule has 0 bridgehead atoms. The van der Waals surface area contributed by atoms with E-state index in [2.05, 4.69) is 80.7 Å². The van der Waals surface area contributed by atoms with Crippen LogP contribution >= 0.6 is 0 Å².